The van der Waals surface area contributed by atoms with Crippen molar-refractivity contribution in [3.05, 3.63) is 29.3 Å². The van der Waals surface area contributed by atoms with Gasteiger partial charge < -0.3 is 4.90 Å². The molecule has 0 aliphatic rings. The Morgan fingerprint density at radius 2 is 2.20 bits per heavy atom. The Labute approximate surface area is 66.2 Å². The second-order valence-corrected chi connectivity index (χ2v) is 2.64. The maximum absolute atomic E-state index is 5.82. The van der Waals surface area contributed by atoms with Crippen LogP contribution in [0.4, 0.5) is 5.69 Å². The molecule has 10 heavy (non-hydrogen) atoms. The van der Waals surface area contributed by atoms with Gasteiger partial charge in [-0.2, -0.15) is 0 Å². The van der Waals surface area contributed by atoms with Crippen LogP contribution < -0.4 is 4.90 Å². The van der Waals surface area contributed by atoms with Crippen LogP contribution in [-0.2, 0) is 0 Å². The van der Waals surface area contributed by atoms with Crippen molar-refractivity contribution in [2.24, 2.45) is 0 Å². The molecule has 0 aromatic heterocycles. The zero-order valence-corrected chi connectivity index (χ0v) is 6.81. The van der Waals surface area contributed by atoms with Crippen LogP contribution in [0.5, 0.6) is 0 Å². The first-order chi connectivity index (χ1) is 4.72. The molecule has 0 saturated carbocycles. The number of benzene rings is 1. The Bertz CT molecular complexity index is 220. The Hall–Kier alpha value is -0.690. The molecular formula is C8H9ClN. The third-order valence-corrected chi connectivity index (χ3v) is 1.57. The summed E-state index contributed by atoms with van der Waals surface area (Å²) in [6, 6.07) is 8.58. The fourth-order valence-electron chi connectivity index (χ4n) is 0.753. The quantitative estimate of drug-likeness (QED) is 0.600. The molecule has 1 aromatic carbocycles. The van der Waals surface area contributed by atoms with Gasteiger partial charge in [-0.25, -0.2) is 0 Å². The first kappa shape index (κ1) is 7.42. The zero-order chi connectivity index (χ0) is 7.56. The fourth-order valence-corrected chi connectivity index (χ4v) is 1.05. The van der Waals surface area contributed by atoms with E-state index in [1.165, 1.54) is 0 Å². The van der Waals surface area contributed by atoms with Crippen LogP contribution in [0.2, 0.25) is 5.02 Å². The van der Waals surface area contributed by atoms with Crippen molar-refractivity contribution in [3.8, 4) is 0 Å². The zero-order valence-electron chi connectivity index (χ0n) is 6.06. The first-order valence-corrected chi connectivity index (χ1v) is 3.43. The van der Waals surface area contributed by atoms with Crippen LogP contribution >= 0.6 is 11.6 Å². The fraction of sp³-hybridized carbons (Fsp3) is 0.250. The van der Waals surface area contributed by atoms with Gasteiger partial charge in [-0.1, -0.05) is 23.7 Å². The average molecular weight is 155 g/mol. The molecule has 1 nitrogen and oxygen atoms in total. The lowest BCUT2D eigenvalue weighted by atomic mass is 10.3. The molecule has 0 heterocycles. The van der Waals surface area contributed by atoms with E-state index < -0.39 is 0 Å². The third kappa shape index (κ3) is 1.42. The van der Waals surface area contributed by atoms with Crippen LogP contribution in [0, 0.1) is 6.07 Å². The number of halogens is 1. The Kier molecular flexibility index (Phi) is 2.17. The van der Waals surface area contributed by atoms with Gasteiger partial charge in [0.05, 0.1) is 10.7 Å². The monoisotopic (exact) mass is 154 g/mol. The van der Waals surface area contributed by atoms with Crippen LogP contribution in [0.15, 0.2) is 18.2 Å². The summed E-state index contributed by atoms with van der Waals surface area (Å²) >= 11 is 5.82. The summed E-state index contributed by atoms with van der Waals surface area (Å²) in [6.07, 6.45) is 0. The highest BCUT2D eigenvalue weighted by atomic mass is 35.5. The van der Waals surface area contributed by atoms with Gasteiger partial charge in [0, 0.05) is 20.2 Å². The van der Waals surface area contributed by atoms with E-state index >= 15 is 0 Å². The topological polar surface area (TPSA) is 3.24 Å². The lowest BCUT2D eigenvalue weighted by molar-refractivity contribution is 1.13. The van der Waals surface area contributed by atoms with Crippen molar-refractivity contribution in [2.45, 2.75) is 0 Å². The molecule has 0 aliphatic heterocycles. The molecule has 0 amide bonds. The van der Waals surface area contributed by atoms with Gasteiger partial charge in [-0.3, -0.25) is 0 Å². The van der Waals surface area contributed by atoms with Gasteiger partial charge in [-0.05, 0) is 6.07 Å². The van der Waals surface area contributed by atoms with Gasteiger partial charge in [0.15, 0.2) is 0 Å². The molecular weight excluding hydrogens is 146 g/mol. The van der Waals surface area contributed by atoms with Crippen LogP contribution in [0.1, 0.15) is 0 Å². The van der Waals surface area contributed by atoms with Crippen LogP contribution in [0.25, 0.3) is 0 Å². The molecule has 0 bridgehead atoms. The summed E-state index contributed by atoms with van der Waals surface area (Å²) in [5.41, 5.74) is 1.00. The van der Waals surface area contributed by atoms with Crippen LogP contribution in [-0.4, -0.2) is 14.1 Å². The van der Waals surface area contributed by atoms with E-state index in [9.17, 15) is 0 Å². The highest BCUT2D eigenvalue weighted by molar-refractivity contribution is 6.33. The molecule has 53 valence electrons. The minimum absolute atomic E-state index is 0.674. The second-order valence-electron chi connectivity index (χ2n) is 2.26. The van der Waals surface area contributed by atoms with Crippen molar-refractivity contribution in [3.63, 3.8) is 0 Å². The molecule has 0 N–H and O–H groups in total. The summed E-state index contributed by atoms with van der Waals surface area (Å²) in [7, 11) is 3.91. The predicted octanol–water partition coefficient (Wildman–Crippen LogP) is 2.21. The molecule has 0 saturated heterocycles. The highest BCUT2D eigenvalue weighted by Gasteiger charge is 1.98. The Balaban J connectivity index is 3.03. The first-order valence-electron chi connectivity index (χ1n) is 3.05. The number of nitrogens with zero attached hydrogens (tertiary/aromatic N) is 1. The van der Waals surface area contributed by atoms with Crippen molar-refractivity contribution >= 4 is 17.3 Å². The van der Waals surface area contributed by atoms with E-state index in [0.717, 1.165) is 5.69 Å². The largest absolute Gasteiger partial charge is 0.376 e. The van der Waals surface area contributed by atoms with Gasteiger partial charge in [0.2, 0.25) is 0 Å². The van der Waals surface area contributed by atoms with E-state index in [0.29, 0.717) is 5.02 Å². The van der Waals surface area contributed by atoms with Crippen molar-refractivity contribution < 1.29 is 0 Å². The minimum Gasteiger partial charge on any atom is -0.376 e. The van der Waals surface area contributed by atoms with E-state index in [2.05, 4.69) is 6.07 Å². The highest BCUT2D eigenvalue weighted by Crippen LogP contribution is 2.21. The summed E-state index contributed by atoms with van der Waals surface area (Å²) < 4.78 is 0. The van der Waals surface area contributed by atoms with E-state index in [1.54, 1.807) is 6.07 Å². The maximum Gasteiger partial charge on any atom is 0.0718 e. The number of rotatable bonds is 1. The third-order valence-electron chi connectivity index (χ3n) is 1.27. The minimum atomic E-state index is 0.674. The molecule has 0 aliphatic carbocycles. The van der Waals surface area contributed by atoms with E-state index in [-0.39, 0.29) is 0 Å². The molecule has 2 heteroatoms. The van der Waals surface area contributed by atoms with Crippen molar-refractivity contribution in [2.75, 3.05) is 19.0 Å². The molecule has 0 fully saturated rings. The number of hydrogen-bond donors (Lipinski definition) is 0. The lowest BCUT2D eigenvalue weighted by Crippen LogP contribution is -2.08. The number of anilines is 1. The second kappa shape index (κ2) is 2.93. The van der Waals surface area contributed by atoms with Crippen molar-refractivity contribution in [1.29, 1.82) is 0 Å². The van der Waals surface area contributed by atoms with Gasteiger partial charge in [0.1, 0.15) is 0 Å². The lowest BCUT2D eigenvalue weighted by Gasteiger charge is -2.12. The van der Waals surface area contributed by atoms with Crippen LogP contribution in [0.3, 0.4) is 0 Å². The van der Waals surface area contributed by atoms with E-state index in [1.807, 2.05) is 31.1 Å². The Morgan fingerprint density at radius 3 is 2.60 bits per heavy atom. The van der Waals surface area contributed by atoms with Gasteiger partial charge >= 0.3 is 0 Å². The molecule has 1 rings (SSSR count). The molecule has 0 unspecified atom stereocenters. The normalized spacial score (nSPS) is 9.50. The molecule has 1 aromatic rings. The summed E-state index contributed by atoms with van der Waals surface area (Å²) in [4.78, 5) is 1.96. The molecule has 0 atom stereocenters. The number of hydrogen-bond acceptors (Lipinski definition) is 1. The summed E-state index contributed by atoms with van der Waals surface area (Å²) in [5.74, 6) is 0. The molecule has 0 spiro atoms. The van der Waals surface area contributed by atoms with Gasteiger partial charge in [0.25, 0.3) is 0 Å². The predicted molar refractivity (Wildman–Crippen MR) is 44.6 cm³/mol. The summed E-state index contributed by atoms with van der Waals surface area (Å²) in [5, 5.41) is 0.674. The average Bonchev–Trinajstić information content (AvgIpc) is 1.88. The smallest absolute Gasteiger partial charge is 0.0718 e. The van der Waals surface area contributed by atoms with Crippen molar-refractivity contribution in [1.82, 2.24) is 0 Å². The van der Waals surface area contributed by atoms with Gasteiger partial charge in [-0.15, -0.1) is 0 Å². The SMILES string of the molecule is CN(C)c1ccc[c]c1Cl. The Morgan fingerprint density at radius 1 is 1.50 bits per heavy atom. The maximum atomic E-state index is 5.82. The van der Waals surface area contributed by atoms with E-state index in [4.69, 9.17) is 11.6 Å². The molecule has 1 radical (unpaired) electrons. The standard InChI is InChI=1S/C8H9ClN/c1-10(2)8-6-4-3-5-7(8)9/h3-4,6H,1-2H3. The summed E-state index contributed by atoms with van der Waals surface area (Å²) in [6.45, 7) is 0.